The van der Waals surface area contributed by atoms with E-state index >= 15 is 0 Å². The molecular weight excluding hydrogens is 464 g/mol. The summed E-state index contributed by atoms with van der Waals surface area (Å²) in [6.07, 6.45) is -10.7. The van der Waals surface area contributed by atoms with Crippen LogP contribution in [0, 0.1) is 0 Å². The van der Waals surface area contributed by atoms with Gasteiger partial charge in [0.1, 0.15) is 5.75 Å². The minimum Gasteiger partial charge on any atom is -0.480 e. The Balaban J connectivity index is 1.97. The van der Waals surface area contributed by atoms with Gasteiger partial charge in [-0.2, -0.15) is 26.3 Å². The Bertz CT molecular complexity index is 1160. The van der Waals surface area contributed by atoms with Crippen LogP contribution in [0.25, 0.3) is 0 Å². The third-order valence-corrected chi connectivity index (χ3v) is 6.03. The van der Waals surface area contributed by atoms with E-state index in [0.29, 0.717) is 5.56 Å². The second-order valence-corrected chi connectivity index (χ2v) is 9.39. The van der Waals surface area contributed by atoms with E-state index in [1.54, 1.807) is 0 Å². The highest BCUT2D eigenvalue weighted by Crippen LogP contribution is 2.35. The highest BCUT2D eigenvalue weighted by Gasteiger charge is 2.39. The van der Waals surface area contributed by atoms with Crippen molar-refractivity contribution in [1.29, 1.82) is 0 Å². The van der Waals surface area contributed by atoms with Crippen molar-refractivity contribution in [3.05, 3.63) is 58.7 Å². The van der Waals surface area contributed by atoms with E-state index in [-0.39, 0.29) is 23.5 Å². The zero-order chi connectivity index (χ0) is 24.1. The van der Waals surface area contributed by atoms with Crippen LogP contribution in [-0.2, 0) is 29.1 Å². The first-order valence-corrected chi connectivity index (χ1v) is 11.0. The topological polar surface area (TPSA) is 63.7 Å². The van der Waals surface area contributed by atoms with Crippen LogP contribution in [0.1, 0.15) is 34.0 Å². The van der Waals surface area contributed by atoms with Gasteiger partial charge in [0.15, 0.2) is 15.9 Å². The number of halogens is 6. The molecule has 0 aliphatic carbocycles. The highest BCUT2D eigenvalue weighted by molar-refractivity contribution is 7.90. The van der Waals surface area contributed by atoms with Crippen molar-refractivity contribution in [1.82, 2.24) is 4.90 Å². The fourth-order valence-corrected chi connectivity index (χ4v) is 3.80. The van der Waals surface area contributed by atoms with E-state index in [1.165, 1.54) is 6.07 Å². The minimum atomic E-state index is -4.74. The number of alkyl halides is 6. The molecule has 174 valence electrons. The Hall–Kier alpha value is -2.76. The Kier molecular flexibility index (Phi) is 5.96. The molecule has 0 spiro atoms. The van der Waals surface area contributed by atoms with E-state index in [9.17, 15) is 39.6 Å². The molecule has 32 heavy (non-hydrogen) atoms. The average Bonchev–Trinajstić information content (AvgIpc) is 3.08. The van der Waals surface area contributed by atoms with Gasteiger partial charge in [-0.25, -0.2) is 8.42 Å². The molecule has 5 nitrogen and oxygen atoms in total. The molecule has 1 atom stereocenters. The molecule has 1 amide bonds. The maximum atomic E-state index is 13.1. The highest BCUT2D eigenvalue weighted by atomic mass is 32.2. The summed E-state index contributed by atoms with van der Waals surface area (Å²) in [6, 6.07) is 5.87. The van der Waals surface area contributed by atoms with E-state index in [2.05, 4.69) is 0 Å². The molecule has 3 rings (SSSR count). The van der Waals surface area contributed by atoms with Crippen LogP contribution >= 0.6 is 0 Å². The van der Waals surface area contributed by atoms with Gasteiger partial charge in [0.2, 0.25) is 0 Å². The number of amides is 1. The Morgan fingerprint density at radius 2 is 1.62 bits per heavy atom. The van der Waals surface area contributed by atoms with Gasteiger partial charge in [-0.3, -0.25) is 4.79 Å². The molecule has 0 unspecified atom stereocenters. The molecule has 0 fully saturated rings. The summed E-state index contributed by atoms with van der Waals surface area (Å²) in [7, 11) is -3.81. The van der Waals surface area contributed by atoms with Gasteiger partial charge in [0.25, 0.3) is 5.91 Å². The quantitative estimate of drug-likeness (QED) is 0.600. The summed E-state index contributed by atoms with van der Waals surface area (Å²) in [5.74, 6) is -1.36. The summed E-state index contributed by atoms with van der Waals surface area (Å²) in [6.45, 7) is 0.405. The van der Waals surface area contributed by atoms with Crippen LogP contribution in [0.4, 0.5) is 26.3 Å². The minimum absolute atomic E-state index is 0.0936. The SMILES string of the molecule is C[C@@H](Oc1ccc(S(C)(=O)=O)cc1C(=O)N1Cc2ccc(C(F)(F)F)cc2C1)C(F)(F)F. The molecule has 2 aromatic carbocycles. The number of nitrogens with zero attached hydrogens (tertiary/aromatic N) is 1. The fourth-order valence-electron chi connectivity index (χ4n) is 3.15. The number of benzene rings is 2. The molecule has 0 saturated carbocycles. The molecule has 12 heteroatoms. The van der Waals surface area contributed by atoms with Crippen molar-refractivity contribution in [2.24, 2.45) is 0 Å². The Morgan fingerprint density at radius 1 is 1.00 bits per heavy atom. The lowest BCUT2D eigenvalue weighted by Crippen LogP contribution is -2.32. The standard InChI is InChI=1S/C20H17F6NO4S/c1-11(19(21,22)23)31-17-6-5-15(32(2,29)30)8-16(17)18(28)27-9-12-3-4-14(20(24,25)26)7-13(12)10-27/h3-8,11H,9-10H2,1-2H3/t11-/m1/s1. The number of fused-ring (bicyclic) bond motifs is 1. The second-order valence-electron chi connectivity index (χ2n) is 7.37. The average molecular weight is 481 g/mol. The normalized spacial score (nSPS) is 15.4. The number of sulfone groups is 1. The van der Waals surface area contributed by atoms with Crippen molar-refractivity contribution < 1.29 is 44.3 Å². The number of carbonyl (C=O) groups excluding carboxylic acids is 1. The second kappa shape index (κ2) is 7.98. The predicted octanol–water partition coefficient (Wildman–Crippen LogP) is 4.59. The van der Waals surface area contributed by atoms with Crippen molar-refractivity contribution in [2.45, 2.75) is 43.4 Å². The number of ether oxygens (including phenoxy) is 1. The lowest BCUT2D eigenvalue weighted by Gasteiger charge is -2.22. The summed E-state index contributed by atoms with van der Waals surface area (Å²) in [4.78, 5) is 13.9. The number of rotatable bonds is 4. The Morgan fingerprint density at radius 3 is 2.19 bits per heavy atom. The summed E-state index contributed by atoms with van der Waals surface area (Å²) >= 11 is 0. The van der Waals surface area contributed by atoms with E-state index in [0.717, 1.165) is 48.4 Å². The first-order valence-electron chi connectivity index (χ1n) is 9.13. The Labute approximate surface area is 179 Å². The predicted molar refractivity (Wildman–Crippen MR) is 101 cm³/mol. The summed E-state index contributed by atoms with van der Waals surface area (Å²) in [5, 5.41) is 0. The van der Waals surface area contributed by atoms with Gasteiger partial charge >= 0.3 is 12.4 Å². The van der Waals surface area contributed by atoms with Gasteiger partial charge in [-0.1, -0.05) is 6.07 Å². The lowest BCUT2D eigenvalue weighted by molar-refractivity contribution is -0.189. The monoisotopic (exact) mass is 481 g/mol. The van der Waals surface area contributed by atoms with Crippen LogP contribution in [-0.4, -0.2) is 37.8 Å². The van der Waals surface area contributed by atoms with Crippen LogP contribution < -0.4 is 4.74 Å². The van der Waals surface area contributed by atoms with Crippen LogP contribution in [0.2, 0.25) is 0 Å². The van der Waals surface area contributed by atoms with Gasteiger partial charge < -0.3 is 9.64 Å². The van der Waals surface area contributed by atoms with Gasteiger partial charge in [0, 0.05) is 19.3 Å². The first kappa shape index (κ1) is 23.9. The van der Waals surface area contributed by atoms with Crippen LogP contribution in [0.3, 0.4) is 0 Å². The number of hydrogen-bond acceptors (Lipinski definition) is 4. The molecule has 1 heterocycles. The van der Waals surface area contributed by atoms with Crippen LogP contribution in [0.5, 0.6) is 5.75 Å². The lowest BCUT2D eigenvalue weighted by atomic mass is 10.1. The molecule has 0 N–H and O–H groups in total. The molecule has 1 aliphatic rings. The van der Waals surface area contributed by atoms with Gasteiger partial charge in [-0.15, -0.1) is 0 Å². The van der Waals surface area contributed by atoms with Gasteiger partial charge in [0.05, 0.1) is 16.0 Å². The third-order valence-electron chi connectivity index (χ3n) is 4.92. The summed E-state index contributed by atoms with van der Waals surface area (Å²) < 4.78 is 106. The zero-order valence-electron chi connectivity index (χ0n) is 16.7. The molecule has 1 aliphatic heterocycles. The van der Waals surface area contributed by atoms with Crippen molar-refractivity contribution in [3.63, 3.8) is 0 Å². The number of carbonyl (C=O) groups is 1. The van der Waals surface area contributed by atoms with Crippen LogP contribution in [0.15, 0.2) is 41.3 Å². The molecule has 0 aromatic heterocycles. The fraction of sp³-hybridized carbons (Fsp3) is 0.350. The summed E-state index contributed by atoms with van der Waals surface area (Å²) in [5.41, 5.74) is -0.657. The smallest absolute Gasteiger partial charge is 0.425 e. The maximum Gasteiger partial charge on any atom is 0.425 e. The van der Waals surface area contributed by atoms with Crippen molar-refractivity contribution >= 4 is 15.7 Å². The van der Waals surface area contributed by atoms with E-state index in [4.69, 9.17) is 4.74 Å². The molecule has 0 bridgehead atoms. The maximum absolute atomic E-state index is 13.1. The van der Waals surface area contributed by atoms with Gasteiger partial charge in [-0.05, 0) is 48.4 Å². The largest absolute Gasteiger partial charge is 0.480 e. The molecule has 0 radical (unpaired) electrons. The zero-order valence-corrected chi connectivity index (χ0v) is 17.5. The number of hydrogen-bond donors (Lipinski definition) is 0. The van der Waals surface area contributed by atoms with E-state index in [1.807, 2.05) is 0 Å². The molecular formula is C20H17F6NO4S. The molecule has 2 aromatic rings. The first-order chi connectivity index (χ1) is 14.6. The van der Waals surface area contributed by atoms with Crippen molar-refractivity contribution in [3.8, 4) is 5.75 Å². The van der Waals surface area contributed by atoms with Crippen molar-refractivity contribution in [2.75, 3.05) is 6.26 Å². The van der Waals surface area contributed by atoms with E-state index < -0.39 is 51.1 Å². The third kappa shape index (κ3) is 5.00. The molecule has 0 saturated heterocycles.